The number of nitrogens with one attached hydrogen (secondary N) is 1. The minimum absolute atomic E-state index is 0.0783. The monoisotopic (exact) mass is 347 g/mol. The zero-order valence-electron chi connectivity index (χ0n) is 12.5. The van der Waals surface area contributed by atoms with Crippen molar-refractivity contribution in [2.75, 3.05) is 0 Å². The number of nitrogens with zero attached hydrogens (tertiary/aromatic N) is 2. The van der Waals surface area contributed by atoms with Gasteiger partial charge in [0.1, 0.15) is 0 Å². The van der Waals surface area contributed by atoms with Gasteiger partial charge in [0, 0.05) is 21.7 Å². The summed E-state index contributed by atoms with van der Waals surface area (Å²) >= 11 is 12.1. The number of aromatic nitrogens is 2. The lowest BCUT2D eigenvalue weighted by Crippen LogP contribution is -2.18. The molecular weight excluding hydrogens is 333 g/mol. The first-order valence-electron chi connectivity index (χ1n) is 7.20. The molecule has 1 aromatic heterocycles. The van der Waals surface area contributed by atoms with Gasteiger partial charge in [-0.15, -0.1) is 0 Å². The third kappa shape index (κ3) is 3.91. The molecule has 0 spiro atoms. The summed E-state index contributed by atoms with van der Waals surface area (Å²) in [6.45, 7) is 2.50. The van der Waals surface area contributed by atoms with E-state index in [1.54, 1.807) is 12.1 Å². The summed E-state index contributed by atoms with van der Waals surface area (Å²) in [5.41, 5.74) is 1.90. The number of halogens is 2. The summed E-state index contributed by atoms with van der Waals surface area (Å²) in [6.07, 6.45) is 0. The Balaban J connectivity index is 1.65. The van der Waals surface area contributed by atoms with E-state index in [2.05, 4.69) is 15.5 Å². The van der Waals surface area contributed by atoms with Crippen LogP contribution in [0.15, 0.2) is 53.1 Å². The molecule has 0 saturated heterocycles. The maximum absolute atomic E-state index is 6.20. The highest BCUT2D eigenvalue weighted by atomic mass is 35.5. The van der Waals surface area contributed by atoms with Gasteiger partial charge in [0.15, 0.2) is 0 Å². The van der Waals surface area contributed by atoms with Crippen molar-refractivity contribution in [3.8, 4) is 11.4 Å². The molecule has 3 aromatic rings. The zero-order valence-corrected chi connectivity index (χ0v) is 14.0. The molecule has 118 valence electrons. The quantitative estimate of drug-likeness (QED) is 0.713. The molecule has 0 amide bonds. The van der Waals surface area contributed by atoms with Crippen LogP contribution in [-0.4, -0.2) is 10.1 Å². The Morgan fingerprint density at radius 1 is 1.09 bits per heavy atom. The molecule has 0 unspecified atom stereocenters. The second-order valence-corrected chi connectivity index (χ2v) is 5.99. The first-order valence-corrected chi connectivity index (χ1v) is 7.95. The molecule has 23 heavy (non-hydrogen) atoms. The zero-order chi connectivity index (χ0) is 16.2. The van der Waals surface area contributed by atoms with Gasteiger partial charge in [0.2, 0.25) is 11.7 Å². The van der Waals surface area contributed by atoms with Gasteiger partial charge < -0.3 is 9.84 Å². The standard InChI is InChI=1S/C17H15Cl2N3O/c1-11(14-4-2-3-5-15(14)19)20-10-16-21-17(22-23-16)12-6-8-13(18)9-7-12/h2-9,11,20H,10H2,1H3/t11-/m1/s1. The topological polar surface area (TPSA) is 51.0 Å². The lowest BCUT2D eigenvalue weighted by Gasteiger charge is -2.13. The average molecular weight is 348 g/mol. The highest BCUT2D eigenvalue weighted by molar-refractivity contribution is 6.31. The fourth-order valence-electron chi connectivity index (χ4n) is 2.22. The van der Waals surface area contributed by atoms with Crippen molar-refractivity contribution >= 4 is 23.2 Å². The molecular formula is C17H15Cl2N3O. The first-order chi connectivity index (χ1) is 11.1. The van der Waals surface area contributed by atoms with Crippen molar-refractivity contribution in [3.63, 3.8) is 0 Å². The Morgan fingerprint density at radius 2 is 1.83 bits per heavy atom. The minimum atomic E-state index is 0.0783. The van der Waals surface area contributed by atoms with Crippen LogP contribution < -0.4 is 5.32 Å². The molecule has 0 aliphatic heterocycles. The summed E-state index contributed by atoms with van der Waals surface area (Å²) in [5.74, 6) is 1.07. The number of hydrogen-bond acceptors (Lipinski definition) is 4. The molecule has 0 radical (unpaired) electrons. The molecule has 2 aromatic carbocycles. The summed E-state index contributed by atoms with van der Waals surface area (Å²) in [4.78, 5) is 4.38. The number of rotatable bonds is 5. The highest BCUT2D eigenvalue weighted by Crippen LogP contribution is 2.23. The lowest BCUT2D eigenvalue weighted by atomic mass is 10.1. The molecule has 0 bridgehead atoms. The Labute approximate surface area is 144 Å². The van der Waals surface area contributed by atoms with Crippen LogP contribution in [-0.2, 0) is 6.54 Å². The summed E-state index contributed by atoms with van der Waals surface area (Å²) in [5, 5.41) is 8.73. The van der Waals surface area contributed by atoms with E-state index in [-0.39, 0.29) is 6.04 Å². The van der Waals surface area contributed by atoms with Crippen molar-refractivity contribution < 1.29 is 4.52 Å². The fraction of sp³-hybridized carbons (Fsp3) is 0.176. The molecule has 0 fully saturated rings. The van der Waals surface area contributed by atoms with Crippen LogP contribution in [0.3, 0.4) is 0 Å². The summed E-state index contributed by atoms with van der Waals surface area (Å²) < 4.78 is 5.28. The third-order valence-electron chi connectivity index (χ3n) is 3.50. The maximum Gasteiger partial charge on any atom is 0.240 e. The molecule has 0 aliphatic rings. The van der Waals surface area contributed by atoms with E-state index >= 15 is 0 Å². The molecule has 0 aliphatic carbocycles. The molecule has 1 N–H and O–H groups in total. The lowest BCUT2D eigenvalue weighted by molar-refractivity contribution is 0.360. The number of hydrogen-bond donors (Lipinski definition) is 1. The highest BCUT2D eigenvalue weighted by Gasteiger charge is 2.12. The molecule has 0 saturated carbocycles. The largest absolute Gasteiger partial charge is 0.338 e. The Kier molecular flexibility index (Phi) is 4.96. The van der Waals surface area contributed by atoms with Crippen LogP contribution >= 0.6 is 23.2 Å². The van der Waals surface area contributed by atoms with Crippen molar-refractivity contribution in [1.29, 1.82) is 0 Å². The van der Waals surface area contributed by atoms with E-state index < -0.39 is 0 Å². The summed E-state index contributed by atoms with van der Waals surface area (Å²) in [7, 11) is 0. The predicted molar refractivity (Wildman–Crippen MR) is 91.5 cm³/mol. The van der Waals surface area contributed by atoms with Crippen molar-refractivity contribution in [2.45, 2.75) is 19.5 Å². The second kappa shape index (κ2) is 7.13. The van der Waals surface area contributed by atoms with Gasteiger partial charge >= 0.3 is 0 Å². The van der Waals surface area contributed by atoms with Gasteiger partial charge in [-0.3, -0.25) is 0 Å². The van der Waals surface area contributed by atoms with Gasteiger partial charge in [0.25, 0.3) is 0 Å². The van der Waals surface area contributed by atoms with Gasteiger partial charge in [-0.2, -0.15) is 4.98 Å². The Bertz CT molecular complexity index is 787. The molecule has 4 nitrogen and oxygen atoms in total. The van der Waals surface area contributed by atoms with Crippen LogP contribution in [0, 0.1) is 0 Å². The SMILES string of the molecule is C[C@@H](NCc1nc(-c2ccc(Cl)cc2)no1)c1ccccc1Cl. The Hall–Kier alpha value is -1.88. The first kappa shape index (κ1) is 16.0. The van der Waals surface area contributed by atoms with Crippen LogP contribution in [0.1, 0.15) is 24.4 Å². The van der Waals surface area contributed by atoms with Crippen molar-refractivity contribution in [2.24, 2.45) is 0 Å². The van der Waals surface area contributed by atoms with E-state index in [1.165, 1.54) is 0 Å². The van der Waals surface area contributed by atoms with Crippen LogP contribution in [0.4, 0.5) is 0 Å². The smallest absolute Gasteiger partial charge is 0.240 e. The van der Waals surface area contributed by atoms with E-state index in [4.69, 9.17) is 27.7 Å². The molecule has 1 heterocycles. The van der Waals surface area contributed by atoms with Gasteiger partial charge in [-0.05, 0) is 42.8 Å². The van der Waals surface area contributed by atoms with E-state index in [0.717, 1.165) is 16.1 Å². The van der Waals surface area contributed by atoms with Gasteiger partial charge in [-0.25, -0.2) is 0 Å². The van der Waals surface area contributed by atoms with E-state index in [1.807, 2.05) is 43.3 Å². The molecule has 3 rings (SSSR count). The van der Waals surface area contributed by atoms with Crippen molar-refractivity contribution in [3.05, 3.63) is 70.0 Å². The fourth-order valence-corrected chi connectivity index (χ4v) is 2.64. The minimum Gasteiger partial charge on any atom is -0.338 e. The van der Waals surface area contributed by atoms with E-state index in [0.29, 0.717) is 23.3 Å². The predicted octanol–water partition coefficient (Wildman–Crippen LogP) is 4.89. The van der Waals surface area contributed by atoms with Crippen molar-refractivity contribution in [1.82, 2.24) is 15.5 Å². The van der Waals surface area contributed by atoms with Gasteiger partial charge in [0.05, 0.1) is 6.54 Å². The molecule has 6 heteroatoms. The van der Waals surface area contributed by atoms with E-state index in [9.17, 15) is 0 Å². The Morgan fingerprint density at radius 3 is 2.57 bits per heavy atom. The normalized spacial score (nSPS) is 12.3. The third-order valence-corrected chi connectivity index (χ3v) is 4.10. The number of benzene rings is 2. The molecule has 1 atom stereocenters. The average Bonchev–Trinajstić information content (AvgIpc) is 3.03. The van der Waals surface area contributed by atoms with Gasteiger partial charge in [-0.1, -0.05) is 46.6 Å². The van der Waals surface area contributed by atoms with Crippen LogP contribution in [0.5, 0.6) is 0 Å². The summed E-state index contributed by atoms with van der Waals surface area (Å²) in [6, 6.07) is 15.1. The maximum atomic E-state index is 6.20. The second-order valence-electron chi connectivity index (χ2n) is 5.14. The van der Waals surface area contributed by atoms with Crippen LogP contribution in [0.25, 0.3) is 11.4 Å². The van der Waals surface area contributed by atoms with Crippen LogP contribution in [0.2, 0.25) is 10.0 Å².